The number of rotatable bonds is 4. The molecule has 0 spiro atoms. The molecule has 4 N–H and O–H groups in total. The fraction of sp³-hybridized carbons (Fsp3) is 0.636. The number of nitrogens with one attached hydrogen (secondary N) is 2. The summed E-state index contributed by atoms with van der Waals surface area (Å²) in [4.78, 5) is 8.46. The molecule has 2 rings (SSSR count). The Morgan fingerprint density at radius 2 is 2.00 bits per heavy atom. The standard InChI is InChI=1S/C11H19N5/c1-7(2)9-10(15-8-4-3-5-8)13-6-14-11(9)16-12/h6-8H,3-5,12H2,1-2H3,(H2,13,14,15,16). The van der Waals surface area contributed by atoms with Crippen LogP contribution in [0.3, 0.4) is 0 Å². The summed E-state index contributed by atoms with van der Waals surface area (Å²) in [5.74, 6) is 7.44. The Morgan fingerprint density at radius 1 is 1.31 bits per heavy atom. The fourth-order valence-corrected chi connectivity index (χ4v) is 1.92. The van der Waals surface area contributed by atoms with Crippen LogP contribution in [-0.4, -0.2) is 16.0 Å². The van der Waals surface area contributed by atoms with Crippen LogP contribution in [0, 0.1) is 0 Å². The highest BCUT2D eigenvalue weighted by atomic mass is 15.3. The van der Waals surface area contributed by atoms with Crippen molar-refractivity contribution in [1.82, 2.24) is 9.97 Å². The van der Waals surface area contributed by atoms with Gasteiger partial charge in [-0.25, -0.2) is 15.8 Å². The number of nitrogens with two attached hydrogens (primary N) is 1. The van der Waals surface area contributed by atoms with E-state index in [1.54, 1.807) is 6.33 Å². The third kappa shape index (κ3) is 2.09. The van der Waals surface area contributed by atoms with Crippen LogP contribution in [0.15, 0.2) is 6.33 Å². The maximum atomic E-state index is 5.47. The second-order valence-electron chi connectivity index (χ2n) is 4.56. The third-order valence-electron chi connectivity index (χ3n) is 3.04. The van der Waals surface area contributed by atoms with Crippen molar-refractivity contribution >= 4 is 11.6 Å². The number of aromatic nitrogens is 2. The van der Waals surface area contributed by atoms with Gasteiger partial charge in [0.1, 0.15) is 18.0 Å². The molecule has 1 heterocycles. The zero-order valence-electron chi connectivity index (χ0n) is 9.83. The summed E-state index contributed by atoms with van der Waals surface area (Å²) in [6.45, 7) is 4.23. The van der Waals surface area contributed by atoms with Crippen molar-refractivity contribution in [2.24, 2.45) is 5.84 Å². The lowest BCUT2D eigenvalue weighted by Gasteiger charge is -2.28. The normalized spacial score (nSPS) is 16.0. The summed E-state index contributed by atoms with van der Waals surface area (Å²) < 4.78 is 0. The Labute approximate surface area is 95.8 Å². The van der Waals surface area contributed by atoms with Gasteiger partial charge in [0.25, 0.3) is 0 Å². The molecule has 88 valence electrons. The molecule has 0 bridgehead atoms. The predicted molar refractivity (Wildman–Crippen MR) is 65.2 cm³/mol. The number of nitrogen functional groups attached to an aromatic ring is 1. The van der Waals surface area contributed by atoms with E-state index in [1.807, 2.05) is 0 Å². The molecule has 1 fully saturated rings. The van der Waals surface area contributed by atoms with Gasteiger partial charge >= 0.3 is 0 Å². The van der Waals surface area contributed by atoms with Crippen LogP contribution < -0.4 is 16.6 Å². The van der Waals surface area contributed by atoms with Crippen molar-refractivity contribution in [3.63, 3.8) is 0 Å². The molecule has 0 aliphatic heterocycles. The lowest BCUT2D eigenvalue weighted by Crippen LogP contribution is -2.28. The minimum absolute atomic E-state index is 0.342. The van der Waals surface area contributed by atoms with Crippen LogP contribution in [0.5, 0.6) is 0 Å². The van der Waals surface area contributed by atoms with Gasteiger partial charge in [-0.05, 0) is 25.2 Å². The molecule has 0 saturated heterocycles. The van der Waals surface area contributed by atoms with Crippen LogP contribution >= 0.6 is 0 Å². The Kier molecular flexibility index (Phi) is 3.24. The maximum absolute atomic E-state index is 5.47. The van der Waals surface area contributed by atoms with Crippen molar-refractivity contribution in [1.29, 1.82) is 0 Å². The molecule has 5 nitrogen and oxygen atoms in total. The van der Waals surface area contributed by atoms with Gasteiger partial charge in [0.15, 0.2) is 0 Å². The van der Waals surface area contributed by atoms with E-state index in [0.717, 1.165) is 11.4 Å². The number of hydrazine groups is 1. The van der Waals surface area contributed by atoms with Gasteiger partial charge in [-0.1, -0.05) is 13.8 Å². The second-order valence-corrected chi connectivity index (χ2v) is 4.56. The van der Waals surface area contributed by atoms with Gasteiger partial charge in [0, 0.05) is 11.6 Å². The highest BCUT2D eigenvalue weighted by Gasteiger charge is 2.21. The Balaban J connectivity index is 2.26. The van der Waals surface area contributed by atoms with Crippen molar-refractivity contribution < 1.29 is 0 Å². The van der Waals surface area contributed by atoms with Crippen LogP contribution in [0.4, 0.5) is 11.6 Å². The van der Waals surface area contributed by atoms with E-state index in [1.165, 1.54) is 19.3 Å². The first-order chi connectivity index (χ1) is 7.72. The fourth-order valence-electron chi connectivity index (χ4n) is 1.92. The van der Waals surface area contributed by atoms with Gasteiger partial charge in [-0.15, -0.1) is 0 Å². The molecule has 1 aliphatic rings. The van der Waals surface area contributed by atoms with Gasteiger partial charge < -0.3 is 10.7 Å². The minimum Gasteiger partial charge on any atom is -0.367 e. The Bertz CT molecular complexity index is 359. The second kappa shape index (κ2) is 4.65. The summed E-state index contributed by atoms with van der Waals surface area (Å²) in [5.41, 5.74) is 3.70. The smallest absolute Gasteiger partial charge is 0.148 e. The number of anilines is 2. The molecule has 0 unspecified atom stereocenters. The topological polar surface area (TPSA) is 75.9 Å². The lowest BCUT2D eigenvalue weighted by atomic mass is 9.92. The Morgan fingerprint density at radius 3 is 2.50 bits per heavy atom. The van der Waals surface area contributed by atoms with E-state index in [4.69, 9.17) is 5.84 Å². The molecule has 1 aromatic heterocycles. The molecule has 5 heteroatoms. The summed E-state index contributed by atoms with van der Waals surface area (Å²) in [6.07, 6.45) is 5.31. The summed E-state index contributed by atoms with van der Waals surface area (Å²) in [5, 5.41) is 3.46. The van der Waals surface area contributed by atoms with Crippen molar-refractivity contribution in [3.8, 4) is 0 Å². The molecule has 0 atom stereocenters. The molecule has 0 radical (unpaired) electrons. The first-order valence-corrected chi connectivity index (χ1v) is 5.80. The summed E-state index contributed by atoms with van der Waals surface area (Å²) >= 11 is 0. The summed E-state index contributed by atoms with van der Waals surface area (Å²) in [6, 6.07) is 0.568. The van der Waals surface area contributed by atoms with E-state index in [0.29, 0.717) is 17.8 Å². The van der Waals surface area contributed by atoms with Crippen molar-refractivity contribution in [2.45, 2.75) is 45.1 Å². The largest absolute Gasteiger partial charge is 0.367 e. The molecule has 0 amide bonds. The van der Waals surface area contributed by atoms with E-state index >= 15 is 0 Å². The zero-order chi connectivity index (χ0) is 11.5. The van der Waals surface area contributed by atoms with Gasteiger partial charge in [0.05, 0.1) is 0 Å². The monoisotopic (exact) mass is 221 g/mol. The van der Waals surface area contributed by atoms with Crippen molar-refractivity contribution in [3.05, 3.63) is 11.9 Å². The highest BCUT2D eigenvalue weighted by molar-refractivity contribution is 5.58. The number of nitrogens with zero attached hydrogens (tertiary/aromatic N) is 2. The van der Waals surface area contributed by atoms with E-state index in [2.05, 4.69) is 34.6 Å². The first-order valence-electron chi connectivity index (χ1n) is 5.80. The van der Waals surface area contributed by atoms with Gasteiger partial charge in [-0.3, -0.25) is 0 Å². The van der Waals surface area contributed by atoms with E-state index < -0.39 is 0 Å². The average Bonchev–Trinajstić information content (AvgIpc) is 2.22. The molecule has 1 aliphatic carbocycles. The first kappa shape index (κ1) is 11.1. The number of hydrogen-bond acceptors (Lipinski definition) is 5. The maximum Gasteiger partial charge on any atom is 0.148 e. The van der Waals surface area contributed by atoms with E-state index in [-0.39, 0.29) is 0 Å². The van der Waals surface area contributed by atoms with Crippen LogP contribution in [0.1, 0.15) is 44.6 Å². The Hall–Kier alpha value is -1.36. The molecule has 1 aromatic rings. The number of hydrogen-bond donors (Lipinski definition) is 3. The summed E-state index contributed by atoms with van der Waals surface area (Å²) in [7, 11) is 0. The van der Waals surface area contributed by atoms with Crippen LogP contribution in [0.2, 0.25) is 0 Å². The molecule has 16 heavy (non-hydrogen) atoms. The van der Waals surface area contributed by atoms with Gasteiger partial charge in [0.2, 0.25) is 0 Å². The highest BCUT2D eigenvalue weighted by Crippen LogP contribution is 2.30. The SMILES string of the molecule is CC(C)c1c(NN)ncnc1NC1CCC1. The van der Waals surface area contributed by atoms with Crippen LogP contribution in [-0.2, 0) is 0 Å². The molecular formula is C11H19N5. The van der Waals surface area contributed by atoms with Crippen molar-refractivity contribution in [2.75, 3.05) is 10.7 Å². The van der Waals surface area contributed by atoms with E-state index in [9.17, 15) is 0 Å². The lowest BCUT2D eigenvalue weighted by molar-refractivity contribution is 0.444. The van der Waals surface area contributed by atoms with Gasteiger partial charge in [-0.2, -0.15) is 0 Å². The van der Waals surface area contributed by atoms with Crippen LogP contribution in [0.25, 0.3) is 0 Å². The average molecular weight is 221 g/mol. The minimum atomic E-state index is 0.342. The third-order valence-corrected chi connectivity index (χ3v) is 3.04. The molecular weight excluding hydrogens is 202 g/mol. The zero-order valence-corrected chi connectivity index (χ0v) is 9.83. The quantitative estimate of drug-likeness (QED) is 0.534. The molecule has 0 aromatic carbocycles. The predicted octanol–water partition coefficient (Wildman–Crippen LogP) is 1.85. The molecule has 1 saturated carbocycles.